The van der Waals surface area contributed by atoms with Gasteiger partial charge in [0.15, 0.2) is 6.10 Å². The molecule has 0 saturated carbocycles. The highest BCUT2D eigenvalue weighted by atomic mass is 16.6. The topological polar surface area (TPSA) is 78.9 Å². The third-order valence-electron chi connectivity index (χ3n) is 11.1. The van der Waals surface area contributed by atoms with E-state index in [9.17, 15) is 14.4 Å². The summed E-state index contributed by atoms with van der Waals surface area (Å²) in [6.07, 6.45) is 46.5. The van der Waals surface area contributed by atoms with Crippen molar-refractivity contribution in [1.29, 1.82) is 0 Å². The van der Waals surface area contributed by atoms with Gasteiger partial charge in [0.1, 0.15) is 13.2 Å². The molecule has 0 spiro atoms. The average Bonchev–Trinajstić information content (AvgIpc) is 3.18. The van der Waals surface area contributed by atoms with Crippen LogP contribution < -0.4 is 0 Å². The van der Waals surface area contributed by atoms with Crippen LogP contribution in [-0.4, -0.2) is 37.2 Å². The molecule has 6 nitrogen and oxygen atoms in total. The summed E-state index contributed by atoms with van der Waals surface area (Å²) in [4.78, 5) is 37.8. The number of esters is 3. The number of hydrogen-bond donors (Lipinski definition) is 0. The van der Waals surface area contributed by atoms with Crippen molar-refractivity contribution in [1.82, 2.24) is 0 Å². The van der Waals surface area contributed by atoms with Crippen molar-refractivity contribution in [3.8, 4) is 0 Å². The van der Waals surface area contributed by atoms with Crippen LogP contribution in [0.2, 0.25) is 0 Å². The second kappa shape index (κ2) is 45.1. The second-order valence-corrected chi connectivity index (χ2v) is 16.7. The number of carbonyl (C=O) groups excluding carboxylic acids is 3. The van der Waals surface area contributed by atoms with Crippen molar-refractivity contribution >= 4 is 17.9 Å². The summed E-state index contributed by atoms with van der Waals surface area (Å²) in [5, 5.41) is 0. The minimum atomic E-state index is -0.758. The first kappa shape index (κ1) is 53.4. The molecule has 6 heteroatoms. The Labute approximate surface area is 342 Å². The molecule has 0 aliphatic rings. The SMILES string of the molecule is CCCCCCCCCCCCCCCC(=O)OCC(COC(=O)CCCCCCCCCCCCCCC)OC(=O)CCCCCCCCCCCCC. The lowest BCUT2D eigenvalue weighted by Crippen LogP contribution is -2.30. The van der Waals surface area contributed by atoms with Gasteiger partial charge in [-0.05, 0) is 19.3 Å². The number of ether oxygens (including phenoxy) is 3. The molecule has 55 heavy (non-hydrogen) atoms. The van der Waals surface area contributed by atoms with Gasteiger partial charge in [-0.25, -0.2) is 0 Å². The summed E-state index contributed by atoms with van der Waals surface area (Å²) in [6, 6.07) is 0. The molecule has 0 aliphatic heterocycles. The smallest absolute Gasteiger partial charge is 0.306 e. The van der Waals surface area contributed by atoms with Crippen LogP contribution in [0.4, 0.5) is 0 Å². The molecule has 0 amide bonds. The van der Waals surface area contributed by atoms with E-state index in [2.05, 4.69) is 20.8 Å². The predicted octanol–water partition coefficient (Wildman–Crippen LogP) is 15.6. The predicted molar refractivity (Wildman–Crippen MR) is 233 cm³/mol. The standard InChI is InChI=1S/C49H94O6/c1-4-7-10-13-16-19-22-24-27-29-32-35-38-41-47(50)53-44-46(55-49(52)43-40-37-34-31-26-21-18-15-12-9-6-3)45-54-48(51)42-39-36-33-30-28-25-23-20-17-14-11-8-5-2/h46H,4-45H2,1-3H3. The highest BCUT2D eigenvalue weighted by Gasteiger charge is 2.19. The molecule has 0 atom stereocenters. The van der Waals surface area contributed by atoms with Gasteiger partial charge in [-0.1, -0.05) is 239 Å². The van der Waals surface area contributed by atoms with Gasteiger partial charge in [-0.3, -0.25) is 14.4 Å². The molecule has 0 heterocycles. The fourth-order valence-corrected chi connectivity index (χ4v) is 7.38. The summed E-state index contributed by atoms with van der Waals surface area (Å²) < 4.78 is 16.8. The zero-order chi connectivity index (χ0) is 40.1. The first-order valence-corrected chi connectivity index (χ1v) is 24.5. The normalized spacial score (nSPS) is 11.3. The van der Waals surface area contributed by atoms with Gasteiger partial charge in [-0.15, -0.1) is 0 Å². The van der Waals surface area contributed by atoms with Crippen molar-refractivity contribution in [3.63, 3.8) is 0 Å². The lowest BCUT2D eigenvalue weighted by atomic mass is 10.0. The Morgan fingerprint density at radius 2 is 0.491 bits per heavy atom. The van der Waals surface area contributed by atoms with E-state index >= 15 is 0 Å². The maximum absolute atomic E-state index is 12.7. The molecule has 0 aromatic rings. The molecule has 0 rings (SSSR count). The Kier molecular flexibility index (Phi) is 43.8. The van der Waals surface area contributed by atoms with Gasteiger partial charge in [0.2, 0.25) is 0 Å². The first-order valence-electron chi connectivity index (χ1n) is 24.5. The molecule has 0 fully saturated rings. The Morgan fingerprint density at radius 3 is 0.727 bits per heavy atom. The van der Waals surface area contributed by atoms with Gasteiger partial charge in [-0.2, -0.15) is 0 Å². The van der Waals surface area contributed by atoms with Gasteiger partial charge < -0.3 is 14.2 Å². The van der Waals surface area contributed by atoms with Gasteiger partial charge in [0, 0.05) is 19.3 Å². The highest BCUT2D eigenvalue weighted by molar-refractivity contribution is 5.71. The summed E-state index contributed by atoms with van der Waals surface area (Å²) in [5.74, 6) is -0.846. The van der Waals surface area contributed by atoms with Crippen LogP contribution >= 0.6 is 0 Å². The lowest BCUT2D eigenvalue weighted by Gasteiger charge is -2.18. The molecular weight excluding hydrogens is 685 g/mol. The van der Waals surface area contributed by atoms with Crippen molar-refractivity contribution < 1.29 is 28.6 Å². The molecule has 0 unspecified atom stereocenters. The zero-order valence-electron chi connectivity index (χ0n) is 37.2. The molecule has 0 aromatic heterocycles. The molecule has 0 radical (unpaired) electrons. The van der Waals surface area contributed by atoms with E-state index in [1.54, 1.807) is 0 Å². The molecular formula is C49H94O6. The van der Waals surface area contributed by atoms with Crippen LogP contribution in [0.25, 0.3) is 0 Å². The summed E-state index contributed by atoms with van der Waals surface area (Å²) in [5.41, 5.74) is 0. The first-order chi connectivity index (χ1) is 27.0. The van der Waals surface area contributed by atoms with E-state index in [1.807, 2.05) is 0 Å². The van der Waals surface area contributed by atoms with E-state index in [0.29, 0.717) is 19.3 Å². The van der Waals surface area contributed by atoms with E-state index in [-0.39, 0.29) is 31.1 Å². The largest absolute Gasteiger partial charge is 0.462 e. The van der Waals surface area contributed by atoms with Gasteiger partial charge in [0.05, 0.1) is 0 Å². The summed E-state index contributed by atoms with van der Waals surface area (Å²) >= 11 is 0. The minimum absolute atomic E-state index is 0.0622. The van der Waals surface area contributed by atoms with Crippen LogP contribution in [0.5, 0.6) is 0 Å². The minimum Gasteiger partial charge on any atom is -0.462 e. The van der Waals surface area contributed by atoms with Crippen molar-refractivity contribution in [2.24, 2.45) is 0 Å². The molecule has 0 saturated heterocycles. The third-order valence-corrected chi connectivity index (χ3v) is 11.1. The zero-order valence-corrected chi connectivity index (χ0v) is 37.2. The monoisotopic (exact) mass is 779 g/mol. The molecule has 326 valence electrons. The molecule has 0 bridgehead atoms. The van der Waals surface area contributed by atoms with E-state index in [1.165, 1.54) is 180 Å². The van der Waals surface area contributed by atoms with Crippen LogP contribution in [0.15, 0.2) is 0 Å². The van der Waals surface area contributed by atoms with Gasteiger partial charge >= 0.3 is 17.9 Å². The third kappa shape index (κ3) is 43.4. The Balaban J connectivity index is 4.30. The van der Waals surface area contributed by atoms with E-state index in [0.717, 1.165) is 57.8 Å². The van der Waals surface area contributed by atoms with Crippen molar-refractivity contribution in [3.05, 3.63) is 0 Å². The Hall–Kier alpha value is -1.59. The van der Waals surface area contributed by atoms with E-state index < -0.39 is 6.10 Å². The summed E-state index contributed by atoms with van der Waals surface area (Å²) in [6.45, 7) is 6.66. The number of unbranched alkanes of at least 4 members (excludes halogenated alkanes) is 34. The lowest BCUT2D eigenvalue weighted by molar-refractivity contribution is -0.167. The average molecular weight is 779 g/mol. The van der Waals surface area contributed by atoms with Crippen molar-refractivity contribution in [2.75, 3.05) is 13.2 Å². The molecule has 0 aliphatic carbocycles. The van der Waals surface area contributed by atoms with Crippen LogP contribution in [0.1, 0.15) is 278 Å². The molecule has 0 N–H and O–H groups in total. The van der Waals surface area contributed by atoms with Gasteiger partial charge in [0.25, 0.3) is 0 Å². The van der Waals surface area contributed by atoms with Crippen LogP contribution in [0, 0.1) is 0 Å². The van der Waals surface area contributed by atoms with Crippen molar-refractivity contribution in [2.45, 2.75) is 284 Å². The summed E-state index contributed by atoms with van der Waals surface area (Å²) in [7, 11) is 0. The number of carbonyl (C=O) groups is 3. The van der Waals surface area contributed by atoms with Crippen LogP contribution in [0.3, 0.4) is 0 Å². The maximum atomic E-state index is 12.7. The quantitative estimate of drug-likeness (QED) is 0.0348. The van der Waals surface area contributed by atoms with E-state index in [4.69, 9.17) is 14.2 Å². The second-order valence-electron chi connectivity index (χ2n) is 16.7. The maximum Gasteiger partial charge on any atom is 0.306 e. The number of rotatable bonds is 45. The number of hydrogen-bond acceptors (Lipinski definition) is 6. The fraction of sp³-hybridized carbons (Fsp3) is 0.939. The Morgan fingerprint density at radius 1 is 0.291 bits per heavy atom. The molecule has 0 aromatic carbocycles. The highest BCUT2D eigenvalue weighted by Crippen LogP contribution is 2.16. The Bertz CT molecular complexity index is 767. The fourth-order valence-electron chi connectivity index (χ4n) is 7.38. The van der Waals surface area contributed by atoms with Crippen LogP contribution in [-0.2, 0) is 28.6 Å².